The fourth-order valence-corrected chi connectivity index (χ4v) is 2.42. The Balaban J connectivity index is 2.07. The van der Waals surface area contributed by atoms with Crippen LogP contribution in [0.5, 0.6) is 0 Å². The quantitative estimate of drug-likeness (QED) is 0.503. The summed E-state index contributed by atoms with van der Waals surface area (Å²) >= 11 is 11.8. The largest absolute Gasteiger partial charge is 0.294 e. The van der Waals surface area contributed by atoms with E-state index in [1.807, 2.05) is 0 Å². The second-order valence-corrected chi connectivity index (χ2v) is 6.30. The molecule has 2 rings (SSSR count). The number of rotatable bonds is 4. The first kappa shape index (κ1) is 15.8. The van der Waals surface area contributed by atoms with Gasteiger partial charge in [-0.3, -0.25) is 9.98 Å². The third kappa shape index (κ3) is 4.44. The monoisotopic (exact) mass is 344 g/mol. The SMILES string of the molecule is O=S(=O)(O)c1ccc(N/N=C\c2ccc(Cl)cc2Cl)cc1. The third-order valence-electron chi connectivity index (χ3n) is 2.51. The zero-order chi connectivity index (χ0) is 15.5. The van der Waals surface area contributed by atoms with Crippen molar-refractivity contribution in [3.8, 4) is 0 Å². The maximum Gasteiger partial charge on any atom is 0.294 e. The van der Waals surface area contributed by atoms with Crippen LogP contribution < -0.4 is 5.43 Å². The predicted molar refractivity (Wildman–Crippen MR) is 83.9 cm³/mol. The van der Waals surface area contributed by atoms with Gasteiger partial charge in [0.2, 0.25) is 0 Å². The van der Waals surface area contributed by atoms with Crippen molar-refractivity contribution in [2.24, 2.45) is 5.10 Å². The molecular weight excluding hydrogens is 335 g/mol. The molecule has 0 saturated carbocycles. The lowest BCUT2D eigenvalue weighted by Crippen LogP contribution is -1.98. The Bertz CT molecular complexity index is 775. The molecule has 0 heterocycles. The summed E-state index contributed by atoms with van der Waals surface area (Å²) in [7, 11) is -4.19. The molecule has 0 amide bonds. The number of benzene rings is 2. The summed E-state index contributed by atoms with van der Waals surface area (Å²) in [5, 5.41) is 4.98. The van der Waals surface area contributed by atoms with Crippen molar-refractivity contribution in [3.63, 3.8) is 0 Å². The minimum atomic E-state index is -4.19. The minimum absolute atomic E-state index is 0.183. The first-order valence-corrected chi connectivity index (χ1v) is 7.87. The van der Waals surface area contributed by atoms with Gasteiger partial charge in [-0.05, 0) is 36.4 Å². The molecule has 0 saturated heterocycles. The summed E-state index contributed by atoms with van der Waals surface area (Å²) in [5.41, 5.74) is 3.96. The van der Waals surface area contributed by atoms with Crippen LogP contribution in [0.4, 0.5) is 5.69 Å². The highest BCUT2D eigenvalue weighted by Crippen LogP contribution is 2.19. The molecule has 0 atom stereocenters. The van der Waals surface area contributed by atoms with E-state index in [1.165, 1.54) is 30.5 Å². The van der Waals surface area contributed by atoms with Crippen molar-refractivity contribution >= 4 is 45.2 Å². The molecule has 0 bridgehead atoms. The molecule has 0 radical (unpaired) electrons. The topological polar surface area (TPSA) is 78.8 Å². The van der Waals surface area contributed by atoms with Gasteiger partial charge < -0.3 is 0 Å². The van der Waals surface area contributed by atoms with Gasteiger partial charge >= 0.3 is 0 Å². The van der Waals surface area contributed by atoms with Crippen LogP contribution in [0.3, 0.4) is 0 Å². The lowest BCUT2D eigenvalue weighted by atomic mass is 10.2. The summed E-state index contributed by atoms with van der Waals surface area (Å²) < 4.78 is 30.6. The molecular formula is C13H10Cl2N2O3S. The van der Waals surface area contributed by atoms with Crippen molar-refractivity contribution in [2.75, 3.05) is 5.43 Å². The molecule has 21 heavy (non-hydrogen) atoms. The zero-order valence-corrected chi connectivity index (χ0v) is 12.8. The Morgan fingerprint density at radius 1 is 1.10 bits per heavy atom. The molecule has 0 aromatic heterocycles. The standard InChI is InChI=1S/C13H10Cl2N2O3S/c14-10-2-1-9(13(15)7-10)8-16-17-11-3-5-12(6-4-11)21(18,19)20/h1-8,17H,(H,18,19,20)/b16-8-. The second kappa shape index (κ2) is 6.44. The fraction of sp³-hybridized carbons (Fsp3) is 0. The Labute approximate surface area is 132 Å². The van der Waals surface area contributed by atoms with E-state index in [-0.39, 0.29) is 4.90 Å². The van der Waals surface area contributed by atoms with Crippen molar-refractivity contribution in [2.45, 2.75) is 4.90 Å². The molecule has 8 heteroatoms. The Morgan fingerprint density at radius 2 is 1.76 bits per heavy atom. The summed E-state index contributed by atoms with van der Waals surface area (Å²) in [6.45, 7) is 0. The summed E-state index contributed by atoms with van der Waals surface area (Å²) in [6, 6.07) is 10.5. The zero-order valence-electron chi connectivity index (χ0n) is 10.5. The number of halogens is 2. The maximum atomic E-state index is 10.9. The smallest absolute Gasteiger partial charge is 0.282 e. The summed E-state index contributed by atoms with van der Waals surface area (Å²) in [5.74, 6) is 0. The predicted octanol–water partition coefficient (Wildman–Crippen LogP) is 3.69. The first-order chi connectivity index (χ1) is 9.86. The first-order valence-electron chi connectivity index (χ1n) is 5.68. The molecule has 110 valence electrons. The second-order valence-electron chi connectivity index (χ2n) is 4.04. The van der Waals surface area contributed by atoms with Crippen LogP contribution in [0.15, 0.2) is 52.5 Å². The van der Waals surface area contributed by atoms with E-state index >= 15 is 0 Å². The van der Waals surface area contributed by atoms with Crippen LogP contribution in [-0.4, -0.2) is 19.2 Å². The third-order valence-corrected chi connectivity index (χ3v) is 3.94. The highest BCUT2D eigenvalue weighted by molar-refractivity contribution is 7.85. The van der Waals surface area contributed by atoms with Crippen LogP contribution in [0, 0.1) is 0 Å². The molecule has 0 unspecified atom stereocenters. The Kier molecular flexibility index (Phi) is 4.84. The molecule has 0 aliphatic carbocycles. The van der Waals surface area contributed by atoms with Gasteiger partial charge in [0.05, 0.1) is 21.8 Å². The van der Waals surface area contributed by atoms with Crippen molar-refractivity contribution in [1.29, 1.82) is 0 Å². The summed E-state index contributed by atoms with van der Waals surface area (Å²) in [4.78, 5) is -0.183. The Morgan fingerprint density at radius 3 is 2.33 bits per heavy atom. The van der Waals surface area contributed by atoms with Gasteiger partial charge in [-0.25, -0.2) is 0 Å². The van der Waals surface area contributed by atoms with Crippen molar-refractivity contribution in [3.05, 3.63) is 58.1 Å². The number of anilines is 1. The van der Waals surface area contributed by atoms with Gasteiger partial charge in [-0.15, -0.1) is 0 Å². The van der Waals surface area contributed by atoms with Crippen LogP contribution in [0.25, 0.3) is 0 Å². The lowest BCUT2D eigenvalue weighted by molar-refractivity contribution is 0.483. The number of nitrogens with zero attached hydrogens (tertiary/aromatic N) is 1. The number of hydrogen-bond acceptors (Lipinski definition) is 4. The molecule has 5 nitrogen and oxygen atoms in total. The minimum Gasteiger partial charge on any atom is -0.282 e. The lowest BCUT2D eigenvalue weighted by Gasteiger charge is -2.02. The molecule has 0 aliphatic rings. The van der Waals surface area contributed by atoms with Crippen LogP contribution >= 0.6 is 23.2 Å². The van der Waals surface area contributed by atoms with Gasteiger partial charge in [-0.2, -0.15) is 13.5 Å². The molecule has 2 aromatic carbocycles. The van der Waals surface area contributed by atoms with E-state index in [2.05, 4.69) is 10.5 Å². The average Bonchev–Trinajstić information content (AvgIpc) is 2.41. The van der Waals surface area contributed by atoms with Gasteiger partial charge in [0, 0.05) is 10.6 Å². The average molecular weight is 345 g/mol. The molecule has 0 fully saturated rings. The molecule has 2 N–H and O–H groups in total. The molecule has 0 spiro atoms. The fourth-order valence-electron chi connectivity index (χ4n) is 1.48. The highest BCUT2D eigenvalue weighted by Gasteiger charge is 2.07. The summed E-state index contributed by atoms with van der Waals surface area (Å²) in [6.07, 6.45) is 1.51. The van der Waals surface area contributed by atoms with E-state index in [0.29, 0.717) is 21.3 Å². The number of hydrogen-bond donors (Lipinski definition) is 2. The van der Waals surface area contributed by atoms with E-state index in [9.17, 15) is 8.42 Å². The van der Waals surface area contributed by atoms with Gasteiger partial charge in [-0.1, -0.05) is 29.3 Å². The number of nitrogens with one attached hydrogen (secondary N) is 1. The van der Waals surface area contributed by atoms with E-state index in [1.54, 1.807) is 18.2 Å². The Hall–Kier alpha value is -1.60. The normalized spacial score (nSPS) is 11.8. The van der Waals surface area contributed by atoms with Gasteiger partial charge in [0.15, 0.2) is 0 Å². The number of hydrazone groups is 1. The van der Waals surface area contributed by atoms with Gasteiger partial charge in [0.1, 0.15) is 0 Å². The van der Waals surface area contributed by atoms with Crippen LogP contribution in [0.1, 0.15) is 5.56 Å². The van der Waals surface area contributed by atoms with E-state index in [0.717, 1.165) is 0 Å². The van der Waals surface area contributed by atoms with Crippen molar-refractivity contribution in [1.82, 2.24) is 0 Å². The van der Waals surface area contributed by atoms with E-state index in [4.69, 9.17) is 27.8 Å². The highest BCUT2D eigenvalue weighted by atomic mass is 35.5. The molecule has 2 aromatic rings. The van der Waals surface area contributed by atoms with Crippen LogP contribution in [0.2, 0.25) is 10.0 Å². The van der Waals surface area contributed by atoms with Crippen molar-refractivity contribution < 1.29 is 13.0 Å². The maximum absolute atomic E-state index is 10.9. The van der Waals surface area contributed by atoms with Gasteiger partial charge in [0.25, 0.3) is 10.1 Å². The van der Waals surface area contributed by atoms with Crippen LogP contribution in [-0.2, 0) is 10.1 Å². The molecule has 0 aliphatic heterocycles. The van der Waals surface area contributed by atoms with E-state index < -0.39 is 10.1 Å².